The van der Waals surface area contributed by atoms with Gasteiger partial charge < -0.3 is 10.1 Å². The Kier molecular flexibility index (Phi) is 3.39. The first kappa shape index (κ1) is 12.7. The van der Waals surface area contributed by atoms with Crippen molar-refractivity contribution in [3.8, 4) is 0 Å². The van der Waals surface area contributed by atoms with Gasteiger partial charge in [-0.1, -0.05) is 30.3 Å². The highest BCUT2D eigenvalue weighted by Gasteiger charge is 2.12. The van der Waals surface area contributed by atoms with Crippen molar-refractivity contribution in [2.75, 3.05) is 12.4 Å². The van der Waals surface area contributed by atoms with E-state index < -0.39 is 0 Å². The van der Waals surface area contributed by atoms with E-state index in [9.17, 15) is 4.79 Å². The summed E-state index contributed by atoms with van der Waals surface area (Å²) in [6.45, 7) is 0. The van der Waals surface area contributed by atoms with E-state index in [-0.39, 0.29) is 5.97 Å². The van der Waals surface area contributed by atoms with Crippen molar-refractivity contribution in [3.05, 3.63) is 59.5 Å². The maximum absolute atomic E-state index is 11.8. The topological polar surface area (TPSA) is 38.3 Å². The Balaban J connectivity index is 2.01. The van der Waals surface area contributed by atoms with E-state index in [1.807, 2.05) is 30.3 Å². The zero-order valence-electron chi connectivity index (χ0n) is 10.9. The number of hydrogen-bond donors (Lipinski definition) is 1. The summed E-state index contributed by atoms with van der Waals surface area (Å²) in [5.41, 5.74) is 2.29. The summed E-state index contributed by atoms with van der Waals surface area (Å²) in [6, 6.07) is 15.5. The number of ether oxygens (including phenoxy) is 1. The van der Waals surface area contributed by atoms with Crippen molar-refractivity contribution in [1.29, 1.82) is 0 Å². The van der Waals surface area contributed by atoms with E-state index in [0.29, 0.717) is 5.56 Å². The first-order valence-electron chi connectivity index (χ1n) is 6.20. The van der Waals surface area contributed by atoms with Gasteiger partial charge in [0.1, 0.15) is 0 Å². The summed E-state index contributed by atoms with van der Waals surface area (Å²) < 4.78 is 6.02. The fourth-order valence-corrected chi connectivity index (χ4v) is 2.99. The lowest BCUT2D eigenvalue weighted by Crippen LogP contribution is -2.05. The van der Waals surface area contributed by atoms with Crippen molar-refractivity contribution >= 4 is 38.8 Å². The molecule has 4 heteroatoms. The normalized spacial score (nSPS) is 10.4. The molecule has 0 fully saturated rings. The van der Waals surface area contributed by atoms with Gasteiger partial charge in [0, 0.05) is 15.5 Å². The number of hydrogen-bond acceptors (Lipinski definition) is 4. The molecule has 0 aliphatic carbocycles. The number of nitrogens with one attached hydrogen (secondary N) is 1. The van der Waals surface area contributed by atoms with Gasteiger partial charge in [-0.25, -0.2) is 4.79 Å². The molecule has 0 aliphatic heterocycles. The number of para-hydroxylation sites is 1. The number of benzene rings is 2. The summed E-state index contributed by atoms with van der Waals surface area (Å²) in [7, 11) is 1.39. The highest BCUT2D eigenvalue weighted by Crippen LogP contribution is 2.33. The minimum Gasteiger partial charge on any atom is -0.465 e. The van der Waals surface area contributed by atoms with Gasteiger partial charge in [-0.15, -0.1) is 11.3 Å². The number of carbonyl (C=O) groups is 1. The molecule has 3 nitrogen and oxygen atoms in total. The predicted molar refractivity (Wildman–Crippen MR) is 82.9 cm³/mol. The number of rotatable bonds is 3. The summed E-state index contributed by atoms with van der Waals surface area (Å²) >= 11 is 1.67. The molecule has 0 atom stereocenters. The van der Waals surface area contributed by atoms with Crippen LogP contribution in [0.2, 0.25) is 0 Å². The van der Waals surface area contributed by atoms with Crippen molar-refractivity contribution < 1.29 is 9.53 Å². The number of esters is 1. The number of fused-ring (bicyclic) bond motifs is 1. The highest BCUT2D eigenvalue weighted by molar-refractivity contribution is 7.17. The quantitative estimate of drug-likeness (QED) is 0.723. The van der Waals surface area contributed by atoms with Gasteiger partial charge in [0.15, 0.2) is 0 Å². The van der Waals surface area contributed by atoms with Crippen molar-refractivity contribution in [3.63, 3.8) is 0 Å². The van der Waals surface area contributed by atoms with Crippen LogP contribution >= 0.6 is 11.3 Å². The summed E-state index contributed by atoms with van der Waals surface area (Å²) in [4.78, 5) is 11.8. The fourth-order valence-electron chi connectivity index (χ4n) is 2.10. The molecule has 0 amide bonds. The molecule has 1 heterocycles. The Labute approximate surface area is 120 Å². The first-order chi connectivity index (χ1) is 9.79. The Morgan fingerprint density at radius 3 is 2.65 bits per heavy atom. The van der Waals surface area contributed by atoms with Gasteiger partial charge in [-0.05, 0) is 18.2 Å². The number of carbonyl (C=O) groups excluding carboxylic acids is 1. The molecule has 100 valence electrons. The monoisotopic (exact) mass is 283 g/mol. The van der Waals surface area contributed by atoms with Gasteiger partial charge in [0.05, 0.1) is 24.0 Å². The lowest BCUT2D eigenvalue weighted by molar-refractivity contribution is 0.0602. The SMILES string of the molecule is COC(=O)c1ccccc1Nc1csc2ccccc12. The molecule has 1 aromatic heterocycles. The predicted octanol–water partition coefficient (Wildman–Crippen LogP) is 4.43. The largest absolute Gasteiger partial charge is 0.465 e. The second-order valence-electron chi connectivity index (χ2n) is 4.31. The molecule has 1 N–H and O–H groups in total. The number of methoxy groups -OCH3 is 1. The van der Waals surface area contributed by atoms with Gasteiger partial charge in [-0.3, -0.25) is 0 Å². The van der Waals surface area contributed by atoms with Crippen LogP contribution in [0.25, 0.3) is 10.1 Å². The van der Waals surface area contributed by atoms with Crippen LogP contribution in [0.5, 0.6) is 0 Å². The molecule has 0 unspecified atom stereocenters. The second kappa shape index (κ2) is 5.35. The van der Waals surface area contributed by atoms with Gasteiger partial charge in [0.25, 0.3) is 0 Å². The number of anilines is 2. The molecule has 0 spiro atoms. The molecular weight excluding hydrogens is 270 g/mol. The molecule has 0 aliphatic rings. The molecule has 3 aromatic rings. The van der Waals surface area contributed by atoms with E-state index in [2.05, 4.69) is 22.8 Å². The lowest BCUT2D eigenvalue weighted by Gasteiger charge is -2.09. The Morgan fingerprint density at radius 1 is 1.05 bits per heavy atom. The van der Waals surface area contributed by atoms with Crippen LogP contribution in [0.15, 0.2) is 53.9 Å². The van der Waals surface area contributed by atoms with E-state index in [0.717, 1.165) is 16.8 Å². The zero-order valence-corrected chi connectivity index (χ0v) is 11.7. The van der Waals surface area contributed by atoms with Gasteiger partial charge in [-0.2, -0.15) is 0 Å². The number of thiophene rings is 1. The van der Waals surface area contributed by atoms with E-state index >= 15 is 0 Å². The zero-order chi connectivity index (χ0) is 13.9. The van der Waals surface area contributed by atoms with Crippen LogP contribution in [0, 0.1) is 0 Å². The fraction of sp³-hybridized carbons (Fsp3) is 0.0625. The Morgan fingerprint density at radius 2 is 1.80 bits per heavy atom. The molecule has 2 aromatic carbocycles. The molecule has 0 radical (unpaired) electrons. The average molecular weight is 283 g/mol. The van der Waals surface area contributed by atoms with Crippen molar-refractivity contribution in [2.45, 2.75) is 0 Å². The molecule has 0 bridgehead atoms. The molecule has 0 saturated heterocycles. The van der Waals surface area contributed by atoms with E-state index in [4.69, 9.17) is 4.74 Å². The van der Waals surface area contributed by atoms with Crippen LogP contribution < -0.4 is 5.32 Å². The van der Waals surface area contributed by atoms with Crippen molar-refractivity contribution in [1.82, 2.24) is 0 Å². The first-order valence-corrected chi connectivity index (χ1v) is 7.08. The van der Waals surface area contributed by atoms with E-state index in [1.54, 1.807) is 17.4 Å². The second-order valence-corrected chi connectivity index (χ2v) is 5.22. The molecule has 20 heavy (non-hydrogen) atoms. The summed E-state index contributed by atoms with van der Waals surface area (Å²) in [5, 5.41) is 6.52. The third-order valence-electron chi connectivity index (χ3n) is 3.08. The average Bonchev–Trinajstić information content (AvgIpc) is 2.90. The third-order valence-corrected chi connectivity index (χ3v) is 4.05. The molecular formula is C16H13NO2S. The standard InChI is InChI=1S/C16H13NO2S/c1-19-16(18)12-7-2-4-8-13(12)17-14-10-20-15-9-5-3-6-11(14)15/h2-10,17H,1H3. The molecule has 3 rings (SSSR count). The van der Waals surface area contributed by atoms with Crippen LogP contribution in [0.1, 0.15) is 10.4 Å². The minimum atomic E-state index is -0.340. The Bertz CT molecular complexity index is 764. The van der Waals surface area contributed by atoms with Crippen molar-refractivity contribution in [2.24, 2.45) is 0 Å². The van der Waals surface area contributed by atoms with Crippen LogP contribution in [0.4, 0.5) is 11.4 Å². The van der Waals surface area contributed by atoms with E-state index in [1.165, 1.54) is 11.8 Å². The molecule has 0 saturated carbocycles. The lowest BCUT2D eigenvalue weighted by atomic mass is 10.1. The van der Waals surface area contributed by atoms with Gasteiger partial charge in [0.2, 0.25) is 0 Å². The van der Waals surface area contributed by atoms with Crippen LogP contribution in [-0.4, -0.2) is 13.1 Å². The Hall–Kier alpha value is -2.33. The minimum absolute atomic E-state index is 0.340. The van der Waals surface area contributed by atoms with Crippen LogP contribution in [0.3, 0.4) is 0 Å². The highest BCUT2D eigenvalue weighted by atomic mass is 32.1. The maximum Gasteiger partial charge on any atom is 0.339 e. The van der Waals surface area contributed by atoms with Crippen LogP contribution in [-0.2, 0) is 4.74 Å². The maximum atomic E-state index is 11.8. The van der Waals surface area contributed by atoms with Gasteiger partial charge >= 0.3 is 5.97 Å². The smallest absolute Gasteiger partial charge is 0.339 e. The summed E-state index contributed by atoms with van der Waals surface area (Å²) in [5.74, 6) is -0.340. The third kappa shape index (κ3) is 2.26. The summed E-state index contributed by atoms with van der Waals surface area (Å²) in [6.07, 6.45) is 0.